The summed E-state index contributed by atoms with van der Waals surface area (Å²) < 4.78 is 12.8. The van der Waals surface area contributed by atoms with Crippen LogP contribution >= 0.6 is 0 Å². The molecule has 1 N–H and O–H groups in total. The molecule has 1 fully saturated rings. The monoisotopic (exact) mass is 208 g/mol. The van der Waals surface area contributed by atoms with Crippen LogP contribution in [-0.4, -0.2) is 23.4 Å². The number of rotatable bonds is 5. The first-order chi connectivity index (χ1) is 7.25. The fourth-order valence-corrected chi connectivity index (χ4v) is 1.39. The van der Waals surface area contributed by atoms with E-state index in [0.717, 1.165) is 6.20 Å². The molecule has 1 saturated carbocycles. The standard InChI is InChI=1S/C11H13FN2O/c12-9-5-8(6-13-7-9)11(15)3-4-14-10-1-2-10/h5-7,10,14H,1-4H2. The van der Waals surface area contributed by atoms with Gasteiger partial charge in [-0.1, -0.05) is 0 Å². The maximum Gasteiger partial charge on any atom is 0.165 e. The van der Waals surface area contributed by atoms with Gasteiger partial charge in [0.1, 0.15) is 5.82 Å². The van der Waals surface area contributed by atoms with Crippen molar-refractivity contribution in [3.05, 3.63) is 29.8 Å². The second-order valence-electron chi connectivity index (χ2n) is 3.79. The highest BCUT2D eigenvalue weighted by molar-refractivity contribution is 5.95. The van der Waals surface area contributed by atoms with Crippen LogP contribution in [0.5, 0.6) is 0 Å². The third-order valence-corrected chi connectivity index (χ3v) is 2.39. The molecule has 15 heavy (non-hydrogen) atoms. The zero-order valence-corrected chi connectivity index (χ0v) is 8.37. The lowest BCUT2D eigenvalue weighted by Gasteiger charge is -2.02. The molecule has 1 aromatic rings. The summed E-state index contributed by atoms with van der Waals surface area (Å²) in [6, 6.07) is 1.83. The Morgan fingerprint density at radius 3 is 3.00 bits per heavy atom. The Balaban J connectivity index is 1.83. The van der Waals surface area contributed by atoms with E-state index in [2.05, 4.69) is 10.3 Å². The maximum atomic E-state index is 12.8. The molecule has 1 heterocycles. The van der Waals surface area contributed by atoms with Crippen molar-refractivity contribution in [3.63, 3.8) is 0 Å². The molecule has 0 aromatic carbocycles. The van der Waals surface area contributed by atoms with Crippen molar-refractivity contribution >= 4 is 5.78 Å². The van der Waals surface area contributed by atoms with Crippen molar-refractivity contribution < 1.29 is 9.18 Å². The van der Waals surface area contributed by atoms with Gasteiger partial charge in [-0.15, -0.1) is 0 Å². The van der Waals surface area contributed by atoms with Crippen LogP contribution in [0.3, 0.4) is 0 Å². The van der Waals surface area contributed by atoms with Crippen LogP contribution < -0.4 is 5.32 Å². The zero-order chi connectivity index (χ0) is 10.7. The summed E-state index contributed by atoms with van der Waals surface area (Å²) >= 11 is 0. The molecule has 3 nitrogen and oxygen atoms in total. The topological polar surface area (TPSA) is 42.0 Å². The lowest BCUT2D eigenvalue weighted by atomic mass is 10.1. The van der Waals surface area contributed by atoms with E-state index in [0.29, 0.717) is 24.6 Å². The van der Waals surface area contributed by atoms with Gasteiger partial charge in [0.15, 0.2) is 5.78 Å². The molecule has 1 aliphatic rings. The van der Waals surface area contributed by atoms with Crippen LogP contribution in [0.1, 0.15) is 29.6 Å². The van der Waals surface area contributed by atoms with Gasteiger partial charge in [-0.05, 0) is 18.9 Å². The van der Waals surface area contributed by atoms with E-state index in [1.165, 1.54) is 25.1 Å². The summed E-state index contributed by atoms with van der Waals surface area (Å²) in [4.78, 5) is 15.2. The van der Waals surface area contributed by atoms with Crippen LogP contribution in [0.25, 0.3) is 0 Å². The van der Waals surface area contributed by atoms with Crippen molar-refractivity contribution in [2.75, 3.05) is 6.54 Å². The Morgan fingerprint density at radius 2 is 2.33 bits per heavy atom. The molecule has 0 amide bonds. The summed E-state index contributed by atoms with van der Waals surface area (Å²) in [5, 5.41) is 3.24. The summed E-state index contributed by atoms with van der Waals surface area (Å²) in [7, 11) is 0. The molecule has 0 atom stereocenters. The van der Waals surface area contributed by atoms with Crippen molar-refractivity contribution in [2.24, 2.45) is 0 Å². The van der Waals surface area contributed by atoms with Gasteiger partial charge in [-0.25, -0.2) is 4.39 Å². The summed E-state index contributed by atoms with van der Waals surface area (Å²) in [5.41, 5.74) is 0.354. The molecule has 0 saturated heterocycles. The molecule has 4 heteroatoms. The second-order valence-corrected chi connectivity index (χ2v) is 3.79. The Bertz CT molecular complexity index is 363. The maximum absolute atomic E-state index is 12.8. The van der Waals surface area contributed by atoms with E-state index >= 15 is 0 Å². The molecular weight excluding hydrogens is 195 g/mol. The average molecular weight is 208 g/mol. The number of hydrogen-bond acceptors (Lipinski definition) is 3. The fourth-order valence-electron chi connectivity index (χ4n) is 1.39. The fraction of sp³-hybridized carbons (Fsp3) is 0.455. The first-order valence-corrected chi connectivity index (χ1v) is 5.13. The first-order valence-electron chi connectivity index (χ1n) is 5.13. The molecular formula is C11H13FN2O. The van der Waals surface area contributed by atoms with E-state index in [-0.39, 0.29) is 5.78 Å². The predicted octanol–water partition coefficient (Wildman–Crippen LogP) is 1.55. The normalized spacial score (nSPS) is 15.3. The second kappa shape index (κ2) is 4.49. The number of ketones is 1. The number of nitrogens with one attached hydrogen (secondary N) is 1. The molecule has 1 aliphatic carbocycles. The number of carbonyl (C=O) groups excluding carboxylic acids is 1. The summed E-state index contributed by atoms with van der Waals surface area (Å²) in [5.74, 6) is -0.522. The molecule has 1 aromatic heterocycles. The van der Waals surface area contributed by atoms with Gasteiger partial charge in [0.2, 0.25) is 0 Å². The number of nitrogens with zero attached hydrogens (tertiary/aromatic N) is 1. The van der Waals surface area contributed by atoms with Gasteiger partial charge >= 0.3 is 0 Å². The van der Waals surface area contributed by atoms with Crippen molar-refractivity contribution in [1.29, 1.82) is 0 Å². The molecule has 80 valence electrons. The minimum atomic E-state index is -0.462. The quantitative estimate of drug-likeness (QED) is 0.746. The van der Waals surface area contributed by atoms with E-state index in [1.807, 2.05) is 0 Å². The number of halogens is 1. The van der Waals surface area contributed by atoms with Gasteiger partial charge in [-0.2, -0.15) is 0 Å². The highest BCUT2D eigenvalue weighted by Crippen LogP contribution is 2.18. The van der Waals surface area contributed by atoms with Crippen LogP contribution in [0.15, 0.2) is 18.5 Å². The Kier molecular flexibility index (Phi) is 3.06. The van der Waals surface area contributed by atoms with Crippen molar-refractivity contribution in [3.8, 4) is 0 Å². The summed E-state index contributed by atoms with van der Waals surface area (Å²) in [6.45, 7) is 0.667. The van der Waals surface area contributed by atoms with Crippen LogP contribution in [0, 0.1) is 5.82 Å². The molecule has 0 spiro atoms. The van der Waals surface area contributed by atoms with Gasteiger partial charge in [0.25, 0.3) is 0 Å². The Morgan fingerprint density at radius 1 is 1.53 bits per heavy atom. The molecule has 0 aliphatic heterocycles. The van der Waals surface area contributed by atoms with E-state index in [1.54, 1.807) is 0 Å². The van der Waals surface area contributed by atoms with E-state index in [9.17, 15) is 9.18 Å². The zero-order valence-electron chi connectivity index (χ0n) is 8.37. The van der Waals surface area contributed by atoms with Gasteiger partial charge in [0.05, 0.1) is 6.20 Å². The van der Waals surface area contributed by atoms with Crippen LogP contribution in [0.2, 0.25) is 0 Å². The number of carbonyl (C=O) groups is 1. The largest absolute Gasteiger partial charge is 0.314 e. The highest BCUT2D eigenvalue weighted by Gasteiger charge is 2.20. The Hall–Kier alpha value is -1.29. The lowest BCUT2D eigenvalue weighted by molar-refractivity contribution is 0.0981. The summed E-state index contributed by atoms with van der Waals surface area (Å²) in [6.07, 6.45) is 5.31. The number of aromatic nitrogens is 1. The number of Topliss-reactive ketones (excluding diaryl/α,β-unsaturated/α-hetero) is 1. The molecule has 0 radical (unpaired) electrons. The van der Waals surface area contributed by atoms with Crippen molar-refractivity contribution in [2.45, 2.75) is 25.3 Å². The third-order valence-electron chi connectivity index (χ3n) is 2.39. The predicted molar refractivity (Wildman–Crippen MR) is 54.2 cm³/mol. The van der Waals surface area contributed by atoms with Gasteiger partial charge < -0.3 is 5.32 Å². The third kappa shape index (κ3) is 3.09. The SMILES string of the molecule is O=C(CCNC1CC1)c1cncc(F)c1. The first kappa shape index (κ1) is 10.2. The molecule has 2 rings (SSSR count). The van der Waals surface area contributed by atoms with Gasteiger partial charge in [-0.3, -0.25) is 9.78 Å². The lowest BCUT2D eigenvalue weighted by Crippen LogP contribution is -2.20. The van der Waals surface area contributed by atoms with E-state index < -0.39 is 5.82 Å². The smallest absolute Gasteiger partial charge is 0.165 e. The van der Waals surface area contributed by atoms with Crippen LogP contribution in [0.4, 0.5) is 4.39 Å². The van der Waals surface area contributed by atoms with Crippen molar-refractivity contribution in [1.82, 2.24) is 10.3 Å². The minimum absolute atomic E-state index is 0.0600. The number of hydrogen-bond donors (Lipinski definition) is 1. The molecule has 0 bridgehead atoms. The minimum Gasteiger partial charge on any atom is -0.314 e. The highest BCUT2D eigenvalue weighted by atomic mass is 19.1. The number of pyridine rings is 1. The average Bonchev–Trinajstić information content (AvgIpc) is 3.01. The Labute approximate surface area is 87.7 Å². The molecule has 0 unspecified atom stereocenters. The van der Waals surface area contributed by atoms with E-state index in [4.69, 9.17) is 0 Å². The van der Waals surface area contributed by atoms with Gasteiger partial charge in [0, 0.05) is 30.8 Å². The van der Waals surface area contributed by atoms with Crippen LogP contribution in [-0.2, 0) is 0 Å².